The highest BCUT2D eigenvalue weighted by Gasteiger charge is 2.52. The number of carbonyl (C=O) groups excluding carboxylic acids is 1. The molecule has 0 aromatic heterocycles. The van der Waals surface area contributed by atoms with E-state index in [0.717, 1.165) is 0 Å². The molecule has 2 heterocycles. The summed E-state index contributed by atoms with van der Waals surface area (Å²) >= 11 is 0. The van der Waals surface area contributed by atoms with Gasteiger partial charge in [-0.25, -0.2) is 13.6 Å². The average Bonchev–Trinajstić information content (AvgIpc) is 2.59. The van der Waals surface area contributed by atoms with Crippen molar-refractivity contribution in [3.05, 3.63) is 0 Å². The lowest BCUT2D eigenvalue weighted by Gasteiger charge is -2.33. The van der Waals surface area contributed by atoms with Crippen LogP contribution in [-0.2, 0) is 4.74 Å². The van der Waals surface area contributed by atoms with Crippen LogP contribution in [0.25, 0.3) is 0 Å². The first kappa shape index (κ1) is 13.5. The fraction of sp³-hybridized carbons (Fsp3) is 0.917. The van der Waals surface area contributed by atoms with Crippen LogP contribution in [-0.4, -0.2) is 48.2 Å². The van der Waals surface area contributed by atoms with Crippen molar-refractivity contribution in [3.8, 4) is 0 Å². The molecule has 104 valence electrons. The lowest BCUT2D eigenvalue weighted by atomic mass is 9.90. The standard InChI is InChI=1S/C12H20F2N2O2/c1-11(2,3)18-10(17)16-6-8-9(7-16)15-5-4-12(8,13)14/h8-9,15H,4-7H2,1-3H3/t8-,9+/m0/s1. The van der Waals surface area contributed by atoms with Crippen LogP contribution in [0.4, 0.5) is 13.6 Å². The van der Waals surface area contributed by atoms with Crippen LogP contribution in [0.2, 0.25) is 0 Å². The number of ether oxygens (including phenoxy) is 1. The third-order valence-electron chi connectivity index (χ3n) is 3.38. The maximum atomic E-state index is 13.7. The number of piperidine rings is 1. The Morgan fingerprint density at radius 2 is 2.06 bits per heavy atom. The number of halogens is 2. The highest BCUT2D eigenvalue weighted by atomic mass is 19.3. The van der Waals surface area contributed by atoms with E-state index in [1.807, 2.05) is 0 Å². The molecule has 6 heteroatoms. The molecule has 0 unspecified atom stereocenters. The summed E-state index contributed by atoms with van der Waals surface area (Å²) in [5.41, 5.74) is -0.596. The number of fused-ring (bicyclic) bond motifs is 1. The molecule has 0 aromatic rings. The van der Waals surface area contributed by atoms with Gasteiger partial charge < -0.3 is 15.0 Å². The van der Waals surface area contributed by atoms with Crippen molar-refractivity contribution in [2.45, 2.75) is 44.8 Å². The fourth-order valence-electron chi connectivity index (χ4n) is 2.52. The number of nitrogens with zero attached hydrogens (tertiary/aromatic N) is 1. The second kappa shape index (κ2) is 4.33. The molecule has 0 radical (unpaired) electrons. The lowest BCUT2D eigenvalue weighted by molar-refractivity contribution is -0.0832. The van der Waals surface area contributed by atoms with Crippen molar-refractivity contribution in [1.29, 1.82) is 0 Å². The minimum atomic E-state index is -2.69. The zero-order valence-electron chi connectivity index (χ0n) is 11.0. The Morgan fingerprint density at radius 1 is 1.39 bits per heavy atom. The number of carbonyl (C=O) groups is 1. The molecule has 2 fully saturated rings. The maximum absolute atomic E-state index is 13.7. The summed E-state index contributed by atoms with van der Waals surface area (Å²) in [7, 11) is 0. The van der Waals surface area contributed by atoms with Gasteiger partial charge in [0.25, 0.3) is 5.92 Å². The van der Waals surface area contributed by atoms with E-state index in [4.69, 9.17) is 4.74 Å². The van der Waals surface area contributed by atoms with E-state index in [0.29, 0.717) is 13.1 Å². The maximum Gasteiger partial charge on any atom is 0.410 e. The predicted molar refractivity (Wildman–Crippen MR) is 62.7 cm³/mol. The highest BCUT2D eigenvalue weighted by Crippen LogP contribution is 2.38. The van der Waals surface area contributed by atoms with Crippen LogP contribution in [0.5, 0.6) is 0 Å². The van der Waals surface area contributed by atoms with Gasteiger partial charge in [-0.1, -0.05) is 0 Å². The van der Waals surface area contributed by atoms with E-state index in [-0.39, 0.29) is 19.0 Å². The minimum absolute atomic E-state index is 0.0690. The number of hydrogen-bond acceptors (Lipinski definition) is 3. The van der Waals surface area contributed by atoms with E-state index in [2.05, 4.69) is 5.32 Å². The molecule has 0 saturated carbocycles. The second-order valence-corrected chi connectivity index (χ2v) is 6.06. The van der Waals surface area contributed by atoms with Gasteiger partial charge in [0.2, 0.25) is 0 Å². The SMILES string of the molecule is CC(C)(C)OC(=O)N1C[C@H]2NCCC(F)(F)[C@H]2C1. The van der Waals surface area contributed by atoms with Crippen LogP contribution < -0.4 is 5.32 Å². The first-order chi connectivity index (χ1) is 8.19. The summed E-state index contributed by atoms with van der Waals surface area (Å²) in [5, 5.41) is 3.05. The van der Waals surface area contributed by atoms with Gasteiger partial charge in [0.05, 0.1) is 5.92 Å². The van der Waals surface area contributed by atoms with Crippen LogP contribution in [0.15, 0.2) is 0 Å². The first-order valence-electron chi connectivity index (χ1n) is 6.28. The number of amides is 1. The molecule has 2 aliphatic heterocycles. The number of nitrogens with one attached hydrogen (secondary N) is 1. The van der Waals surface area contributed by atoms with Crippen LogP contribution in [0, 0.1) is 5.92 Å². The number of alkyl halides is 2. The van der Waals surface area contributed by atoms with Crippen LogP contribution in [0.3, 0.4) is 0 Å². The topological polar surface area (TPSA) is 41.6 Å². The Bertz CT molecular complexity index is 341. The summed E-state index contributed by atoms with van der Waals surface area (Å²) in [5.74, 6) is -3.48. The summed E-state index contributed by atoms with van der Waals surface area (Å²) in [6.07, 6.45) is -0.662. The molecule has 0 aliphatic carbocycles. The number of hydrogen-bond donors (Lipinski definition) is 1. The minimum Gasteiger partial charge on any atom is -0.444 e. The van der Waals surface area contributed by atoms with E-state index < -0.39 is 23.5 Å². The lowest BCUT2D eigenvalue weighted by Crippen LogP contribution is -2.51. The molecular weight excluding hydrogens is 242 g/mol. The third kappa shape index (κ3) is 2.74. The van der Waals surface area contributed by atoms with Crippen molar-refractivity contribution < 1.29 is 18.3 Å². The van der Waals surface area contributed by atoms with Gasteiger partial charge in [-0.2, -0.15) is 0 Å². The predicted octanol–water partition coefficient (Wildman–Crippen LogP) is 1.85. The molecule has 4 nitrogen and oxygen atoms in total. The van der Waals surface area contributed by atoms with Crippen molar-refractivity contribution in [2.24, 2.45) is 5.92 Å². The second-order valence-electron chi connectivity index (χ2n) is 6.06. The van der Waals surface area contributed by atoms with Crippen molar-refractivity contribution in [1.82, 2.24) is 10.2 Å². The van der Waals surface area contributed by atoms with Gasteiger partial charge in [-0.3, -0.25) is 0 Å². The van der Waals surface area contributed by atoms with Gasteiger partial charge in [0, 0.05) is 32.1 Å². The molecule has 0 aromatic carbocycles. The Morgan fingerprint density at radius 3 is 2.61 bits per heavy atom. The molecular formula is C12H20F2N2O2. The Balaban J connectivity index is 2.01. The monoisotopic (exact) mass is 262 g/mol. The van der Waals surface area contributed by atoms with E-state index in [1.165, 1.54) is 4.90 Å². The molecule has 2 saturated heterocycles. The van der Waals surface area contributed by atoms with Crippen molar-refractivity contribution in [3.63, 3.8) is 0 Å². The molecule has 0 bridgehead atoms. The Labute approximate surface area is 106 Å². The average molecular weight is 262 g/mol. The zero-order valence-corrected chi connectivity index (χ0v) is 11.0. The van der Waals surface area contributed by atoms with Gasteiger partial charge >= 0.3 is 6.09 Å². The normalized spacial score (nSPS) is 31.1. The molecule has 2 rings (SSSR count). The first-order valence-corrected chi connectivity index (χ1v) is 6.28. The molecule has 1 amide bonds. The Kier molecular flexibility index (Phi) is 3.25. The molecule has 2 aliphatic rings. The summed E-state index contributed by atoms with van der Waals surface area (Å²) in [6, 6.07) is -0.318. The van der Waals surface area contributed by atoms with E-state index in [1.54, 1.807) is 20.8 Å². The van der Waals surface area contributed by atoms with Gasteiger partial charge in [-0.15, -0.1) is 0 Å². The fourth-order valence-corrected chi connectivity index (χ4v) is 2.52. The van der Waals surface area contributed by atoms with Crippen LogP contribution in [0.1, 0.15) is 27.2 Å². The third-order valence-corrected chi connectivity index (χ3v) is 3.38. The van der Waals surface area contributed by atoms with Crippen LogP contribution >= 0.6 is 0 Å². The summed E-state index contributed by atoms with van der Waals surface area (Å²) < 4.78 is 32.6. The van der Waals surface area contributed by atoms with Gasteiger partial charge in [-0.05, 0) is 20.8 Å². The number of likely N-dealkylation sites (tertiary alicyclic amines) is 1. The van der Waals surface area contributed by atoms with Crippen molar-refractivity contribution in [2.75, 3.05) is 19.6 Å². The molecule has 0 spiro atoms. The van der Waals surface area contributed by atoms with Gasteiger partial charge in [0.15, 0.2) is 0 Å². The number of rotatable bonds is 0. The molecule has 18 heavy (non-hydrogen) atoms. The molecule has 2 atom stereocenters. The quantitative estimate of drug-likeness (QED) is 0.724. The summed E-state index contributed by atoms with van der Waals surface area (Å²) in [6.45, 7) is 5.97. The van der Waals surface area contributed by atoms with E-state index in [9.17, 15) is 13.6 Å². The van der Waals surface area contributed by atoms with Crippen molar-refractivity contribution >= 4 is 6.09 Å². The smallest absolute Gasteiger partial charge is 0.410 e. The highest BCUT2D eigenvalue weighted by molar-refractivity contribution is 5.68. The molecule has 1 N–H and O–H groups in total. The van der Waals surface area contributed by atoms with E-state index >= 15 is 0 Å². The zero-order chi connectivity index (χ0) is 13.6. The largest absolute Gasteiger partial charge is 0.444 e. The summed E-state index contributed by atoms with van der Waals surface area (Å²) in [4.78, 5) is 13.2. The Hall–Kier alpha value is -0.910. The van der Waals surface area contributed by atoms with Gasteiger partial charge in [0.1, 0.15) is 5.60 Å².